The molecular weight excluding hydrogens is 214 g/mol. The Bertz CT molecular complexity index is 471. The summed E-state index contributed by atoms with van der Waals surface area (Å²) < 4.78 is 4.07. The Balaban J connectivity index is 2.19. The van der Waals surface area contributed by atoms with E-state index < -0.39 is 0 Å². The molecule has 1 N–H and O–H groups in total. The Hall–Kier alpha value is -1.62. The molecule has 0 aromatic carbocycles. The SMILES string of the molecule is CCn1ccnc1CC(NC)c1ccnn1C. The number of imidazole rings is 1. The number of hydrogen-bond donors (Lipinski definition) is 1. The standard InChI is InChI=1S/C12H19N5/c1-4-17-8-7-14-12(17)9-10(13-2)11-5-6-15-16(11)3/h5-8,10,13H,4,9H2,1-3H3. The minimum Gasteiger partial charge on any atom is -0.335 e. The van der Waals surface area contributed by atoms with Crippen molar-refractivity contribution in [2.24, 2.45) is 7.05 Å². The van der Waals surface area contributed by atoms with E-state index in [0.717, 1.165) is 18.8 Å². The summed E-state index contributed by atoms with van der Waals surface area (Å²) in [5.74, 6) is 1.10. The zero-order valence-corrected chi connectivity index (χ0v) is 10.6. The molecule has 0 spiro atoms. The molecule has 5 nitrogen and oxygen atoms in total. The molecule has 2 heterocycles. The van der Waals surface area contributed by atoms with Crippen LogP contribution in [-0.2, 0) is 20.0 Å². The zero-order valence-electron chi connectivity index (χ0n) is 10.6. The highest BCUT2D eigenvalue weighted by molar-refractivity contribution is 5.10. The molecule has 2 aromatic heterocycles. The summed E-state index contributed by atoms with van der Waals surface area (Å²) in [6.07, 6.45) is 6.57. The molecule has 0 amide bonds. The van der Waals surface area contributed by atoms with Gasteiger partial charge in [0.2, 0.25) is 0 Å². The van der Waals surface area contributed by atoms with Crippen LogP contribution in [0.1, 0.15) is 24.5 Å². The first kappa shape index (κ1) is 11.9. The highest BCUT2D eigenvalue weighted by atomic mass is 15.3. The fraction of sp³-hybridized carbons (Fsp3) is 0.500. The summed E-state index contributed by atoms with van der Waals surface area (Å²) in [5, 5.41) is 7.53. The van der Waals surface area contributed by atoms with Crippen molar-refractivity contribution in [3.05, 3.63) is 36.2 Å². The van der Waals surface area contributed by atoms with Crippen LogP contribution < -0.4 is 5.32 Å². The van der Waals surface area contributed by atoms with Crippen molar-refractivity contribution in [3.8, 4) is 0 Å². The topological polar surface area (TPSA) is 47.7 Å². The van der Waals surface area contributed by atoms with Gasteiger partial charge in [-0.2, -0.15) is 5.10 Å². The molecule has 1 atom stereocenters. The molecule has 0 fully saturated rings. The lowest BCUT2D eigenvalue weighted by Gasteiger charge is -2.16. The largest absolute Gasteiger partial charge is 0.335 e. The van der Waals surface area contributed by atoms with Crippen LogP contribution in [0.2, 0.25) is 0 Å². The Kier molecular flexibility index (Phi) is 3.58. The molecule has 0 aliphatic rings. The van der Waals surface area contributed by atoms with Gasteiger partial charge in [-0.1, -0.05) is 0 Å². The summed E-state index contributed by atoms with van der Waals surface area (Å²) in [6, 6.07) is 2.29. The summed E-state index contributed by atoms with van der Waals surface area (Å²) in [4.78, 5) is 4.41. The van der Waals surface area contributed by atoms with E-state index in [1.165, 1.54) is 5.69 Å². The number of hydrogen-bond acceptors (Lipinski definition) is 3. The van der Waals surface area contributed by atoms with Crippen molar-refractivity contribution in [3.63, 3.8) is 0 Å². The molecule has 0 radical (unpaired) electrons. The Labute approximate surface area is 101 Å². The molecule has 0 aliphatic heterocycles. The highest BCUT2D eigenvalue weighted by Crippen LogP contribution is 2.16. The third kappa shape index (κ3) is 2.39. The van der Waals surface area contributed by atoms with Crippen molar-refractivity contribution in [2.45, 2.75) is 25.9 Å². The maximum Gasteiger partial charge on any atom is 0.110 e. The van der Waals surface area contributed by atoms with Crippen molar-refractivity contribution < 1.29 is 0 Å². The van der Waals surface area contributed by atoms with Gasteiger partial charge >= 0.3 is 0 Å². The molecule has 5 heteroatoms. The van der Waals surface area contributed by atoms with Gasteiger partial charge in [0.05, 0.1) is 11.7 Å². The van der Waals surface area contributed by atoms with Crippen LogP contribution >= 0.6 is 0 Å². The van der Waals surface area contributed by atoms with Gasteiger partial charge in [-0.25, -0.2) is 4.98 Å². The summed E-state index contributed by atoms with van der Waals surface area (Å²) in [7, 11) is 3.93. The summed E-state index contributed by atoms with van der Waals surface area (Å²) in [6.45, 7) is 3.08. The maximum absolute atomic E-state index is 4.41. The first-order chi connectivity index (χ1) is 8.26. The van der Waals surface area contributed by atoms with Crippen LogP contribution in [0.25, 0.3) is 0 Å². The second-order valence-corrected chi connectivity index (χ2v) is 4.05. The van der Waals surface area contributed by atoms with Crippen molar-refractivity contribution in [1.82, 2.24) is 24.6 Å². The maximum atomic E-state index is 4.41. The molecule has 0 saturated heterocycles. The number of nitrogens with one attached hydrogen (secondary N) is 1. The molecular formula is C12H19N5. The van der Waals surface area contributed by atoms with Crippen LogP contribution in [0.4, 0.5) is 0 Å². The Morgan fingerprint density at radius 1 is 1.41 bits per heavy atom. The van der Waals surface area contributed by atoms with Gasteiger partial charge in [0.15, 0.2) is 0 Å². The summed E-state index contributed by atoms with van der Waals surface area (Å²) in [5.41, 5.74) is 1.18. The minimum atomic E-state index is 0.246. The van der Waals surface area contributed by atoms with Crippen LogP contribution in [-0.4, -0.2) is 26.4 Å². The molecule has 0 bridgehead atoms. The smallest absolute Gasteiger partial charge is 0.110 e. The van der Waals surface area contributed by atoms with Gasteiger partial charge in [0.25, 0.3) is 0 Å². The van der Waals surface area contributed by atoms with Gasteiger partial charge in [0.1, 0.15) is 5.82 Å². The van der Waals surface area contributed by atoms with Crippen molar-refractivity contribution >= 4 is 0 Å². The number of likely N-dealkylation sites (N-methyl/N-ethyl adjacent to an activating group) is 1. The number of rotatable bonds is 5. The Morgan fingerprint density at radius 3 is 2.82 bits per heavy atom. The fourth-order valence-corrected chi connectivity index (χ4v) is 2.08. The van der Waals surface area contributed by atoms with E-state index >= 15 is 0 Å². The molecule has 2 rings (SSSR count). The van der Waals surface area contributed by atoms with Gasteiger partial charge < -0.3 is 9.88 Å². The second-order valence-electron chi connectivity index (χ2n) is 4.05. The molecule has 17 heavy (non-hydrogen) atoms. The van der Waals surface area contributed by atoms with Crippen molar-refractivity contribution in [1.29, 1.82) is 0 Å². The van der Waals surface area contributed by atoms with Crippen LogP contribution in [0.3, 0.4) is 0 Å². The first-order valence-corrected chi connectivity index (χ1v) is 5.91. The van der Waals surface area contributed by atoms with Crippen LogP contribution in [0.15, 0.2) is 24.7 Å². The average molecular weight is 233 g/mol. The highest BCUT2D eigenvalue weighted by Gasteiger charge is 2.15. The zero-order chi connectivity index (χ0) is 12.3. The van der Waals surface area contributed by atoms with E-state index in [2.05, 4.69) is 26.9 Å². The van der Waals surface area contributed by atoms with E-state index in [4.69, 9.17) is 0 Å². The third-order valence-electron chi connectivity index (χ3n) is 3.09. The predicted molar refractivity (Wildman–Crippen MR) is 66.6 cm³/mol. The summed E-state index contributed by atoms with van der Waals surface area (Å²) >= 11 is 0. The molecule has 92 valence electrons. The number of aromatic nitrogens is 4. The van der Waals surface area contributed by atoms with E-state index in [9.17, 15) is 0 Å². The van der Waals surface area contributed by atoms with Crippen molar-refractivity contribution in [2.75, 3.05) is 7.05 Å². The normalized spacial score (nSPS) is 12.9. The first-order valence-electron chi connectivity index (χ1n) is 5.91. The quantitative estimate of drug-likeness (QED) is 0.842. The lowest BCUT2D eigenvalue weighted by molar-refractivity contribution is 0.513. The number of nitrogens with zero attached hydrogens (tertiary/aromatic N) is 4. The third-order valence-corrected chi connectivity index (χ3v) is 3.09. The fourth-order valence-electron chi connectivity index (χ4n) is 2.08. The molecule has 0 aliphatic carbocycles. The lowest BCUT2D eigenvalue weighted by atomic mass is 10.1. The predicted octanol–water partition coefficient (Wildman–Crippen LogP) is 1.14. The molecule has 0 saturated carbocycles. The average Bonchev–Trinajstić information content (AvgIpc) is 2.94. The van der Waals surface area contributed by atoms with Gasteiger partial charge in [-0.05, 0) is 20.0 Å². The monoisotopic (exact) mass is 233 g/mol. The van der Waals surface area contributed by atoms with Crippen LogP contribution in [0.5, 0.6) is 0 Å². The van der Waals surface area contributed by atoms with E-state index in [0.29, 0.717) is 0 Å². The minimum absolute atomic E-state index is 0.246. The number of aryl methyl sites for hydroxylation is 2. The van der Waals surface area contributed by atoms with Gasteiger partial charge in [-0.3, -0.25) is 4.68 Å². The molecule has 2 aromatic rings. The van der Waals surface area contributed by atoms with Gasteiger partial charge in [-0.15, -0.1) is 0 Å². The molecule has 1 unspecified atom stereocenters. The van der Waals surface area contributed by atoms with E-state index in [1.54, 1.807) is 0 Å². The van der Waals surface area contributed by atoms with E-state index in [-0.39, 0.29) is 6.04 Å². The second kappa shape index (κ2) is 5.14. The van der Waals surface area contributed by atoms with Crippen LogP contribution in [0, 0.1) is 0 Å². The lowest BCUT2D eigenvalue weighted by Crippen LogP contribution is -2.23. The Morgan fingerprint density at radius 2 is 2.24 bits per heavy atom. The van der Waals surface area contributed by atoms with Gasteiger partial charge in [0, 0.05) is 38.6 Å². The van der Waals surface area contributed by atoms with E-state index in [1.807, 2.05) is 43.4 Å².